The van der Waals surface area contributed by atoms with Gasteiger partial charge < -0.3 is 14.2 Å². The van der Waals surface area contributed by atoms with Gasteiger partial charge in [-0.3, -0.25) is 14.4 Å². The first-order valence-corrected chi connectivity index (χ1v) is 26.8. The van der Waals surface area contributed by atoms with Crippen molar-refractivity contribution < 1.29 is 28.6 Å². The summed E-state index contributed by atoms with van der Waals surface area (Å²) >= 11 is 0. The molecule has 0 bridgehead atoms. The minimum absolute atomic E-state index is 0.0829. The average Bonchev–Trinajstić information content (AvgIpc) is 3.26. The van der Waals surface area contributed by atoms with Crippen LogP contribution in [-0.4, -0.2) is 37.2 Å². The standard InChI is InChI=1S/C55H102O6/c1-4-7-10-13-16-19-22-25-27-28-31-33-36-39-42-45-48-54(57)60-51-52(50-59-53(56)47-44-41-38-35-32-29-24-21-18-15-12-9-6-3)61-55(58)49-46-43-40-37-34-30-26-23-20-17-14-11-8-5-2/h29,32,38,41,52H,4-28,30-31,33-37,39-40,42-51H2,1-3H3/b32-29-,41-38-. The van der Waals surface area contributed by atoms with Crippen molar-refractivity contribution in [2.24, 2.45) is 0 Å². The van der Waals surface area contributed by atoms with E-state index in [9.17, 15) is 14.4 Å². The van der Waals surface area contributed by atoms with Gasteiger partial charge in [0.15, 0.2) is 6.10 Å². The lowest BCUT2D eigenvalue weighted by atomic mass is 10.0. The van der Waals surface area contributed by atoms with Gasteiger partial charge in [0, 0.05) is 19.3 Å². The van der Waals surface area contributed by atoms with Crippen molar-refractivity contribution in [3.8, 4) is 0 Å². The fourth-order valence-corrected chi connectivity index (χ4v) is 7.91. The highest BCUT2D eigenvalue weighted by Crippen LogP contribution is 2.16. The van der Waals surface area contributed by atoms with E-state index in [1.165, 1.54) is 193 Å². The third-order valence-corrected chi connectivity index (χ3v) is 12.0. The van der Waals surface area contributed by atoms with Crippen molar-refractivity contribution in [2.45, 2.75) is 297 Å². The van der Waals surface area contributed by atoms with E-state index in [1.54, 1.807) is 0 Å². The molecule has 0 radical (unpaired) electrons. The van der Waals surface area contributed by atoms with Crippen LogP contribution < -0.4 is 0 Å². The van der Waals surface area contributed by atoms with E-state index in [-0.39, 0.29) is 37.5 Å². The SMILES string of the molecule is CCCCCCCC/C=C\C/C=C\CCC(=O)OCC(COC(=O)CCCCCCCCCCCCCCCCCC)OC(=O)CCCCCCCCCCCCCCCC. The van der Waals surface area contributed by atoms with Crippen LogP contribution in [0.2, 0.25) is 0 Å². The van der Waals surface area contributed by atoms with Gasteiger partial charge in [0.25, 0.3) is 0 Å². The Bertz CT molecular complexity index is 989. The van der Waals surface area contributed by atoms with Crippen LogP contribution in [0.4, 0.5) is 0 Å². The van der Waals surface area contributed by atoms with Gasteiger partial charge in [-0.1, -0.05) is 257 Å². The average molecular weight is 859 g/mol. The zero-order valence-corrected chi connectivity index (χ0v) is 40.9. The molecule has 0 aliphatic rings. The summed E-state index contributed by atoms with van der Waals surface area (Å²) in [5, 5.41) is 0. The Morgan fingerprint density at radius 3 is 1.00 bits per heavy atom. The summed E-state index contributed by atoms with van der Waals surface area (Å²) in [5.41, 5.74) is 0. The van der Waals surface area contributed by atoms with Gasteiger partial charge in [0.2, 0.25) is 0 Å². The number of esters is 3. The molecule has 0 aromatic carbocycles. The van der Waals surface area contributed by atoms with Crippen LogP contribution in [0.25, 0.3) is 0 Å². The van der Waals surface area contributed by atoms with Crippen molar-refractivity contribution in [1.82, 2.24) is 0 Å². The summed E-state index contributed by atoms with van der Waals surface area (Å²) in [6.45, 7) is 6.61. The van der Waals surface area contributed by atoms with Crippen LogP contribution in [0, 0.1) is 0 Å². The molecule has 1 unspecified atom stereocenters. The summed E-state index contributed by atoms with van der Waals surface area (Å²) in [5.74, 6) is -0.937. The third-order valence-electron chi connectivity index (χ3n) is 12.0. The first-order valence-electron chi connectivity index (χ1n) is 26.8. The maximum Gasteiger partial charge on any atom is 0.306 e. The van der Waals surface area contributed by atoms with Gasteiger partial charge in [0.05, 0.1) is 0 Å². The monoisotopic (exact) mass is 859 g/mol. The molecule has 0 aromatic heterocycles. The second kappa shape index (κ2) is 50.5. The largest absolute Gasteiger partial charge is 0.462 e. The molecule has 61 heavy (non-hydrogen) atoms. The highest BCUT2D eigenvalue weighted by atomic mass is 16.6. The summed E-state index contributed by atoms with van der Waals surface area (Å²) in [6, 6.07) is 0. The molecule has 0 rings (SSSR count). The fraction of sp³-hybridized carbons (Fsp3) is 0.873. The minimum atomic E-state index is -0.787. The highest BCUT2D eigenvalue weighted by molar-refractivity contribution is 5.71. The van der Waals surface area contributed by atoms with Crippen molar-refractivity contribution in [3.63, 3.8) is 0 Å². The number of carbonyl (C=O) groups is 3. The van der Waals surface area contributed by atoms with E-state index in [2.05, 4.69) is 39.0 Å². The molecule has 0 heterocycles. The molecule has 0 spiro atoms. The van der Waals surface area contributed by atoms with Crippen LogP contribution in [0.1, 0.15) is 290 Å². The first kappa shape index (κ1) is 58.9. The quantitative estimate of drug-likeness (QED) is 0.0262. The molecule has 0 fully saturated rings. The summed E-state index contributed by atoms with van der Waals surface area (Å²) in [4.78, 5) is 37.9. The molecule has 0 saturated carbocycles. The Morgan fingerprint density at radius 2 is 0.623 bits per heavy atom. The van der Waals surface area contributed by atoms with Gasteiger partial charge in [-0.05, 0) is 38.5 Å². The molecular weight excluding hydrogens is 757 g/mol. The number of rotatable bonds is 49. The lowest BCUT2D eigenvalue weighted by Gasteiger charge is -2.18. The summed E-state index contributed by atoms with van der Waals surface area (Å²) in [7, 11) is 0. The van der Waals surface area contributed by atoms with E-state index in [1.807, 2.05) is 6.08 Å². The van der Waals surface area contributed by atoms with E-state index >= 15 is 0 Å². The molecule has 0 amide bonds. The topological polar surface area (TPSA) is 78.9 Å². The van der Waals surface area contributed by atoms with Crippen molar-refractivity contribution in [2.75, 3.05) is 13.2 Å². The van der Waals surface area contributed by atoms with E-state index in [4.69, 9.17) is 14.2 Å². The lowest BCUT2D eigenvalue weighted by Crippen LogP contribution is -2.30. The third kappa shape index (κ3) is 48.8. The molecular formula is C55H102O6. The Hall–Kier alpha value is -2.11. The summed E-state index contributed by atoms with van der Waals surface area (Å²) in [6.07, 6.45) is 57.4. The Balaban J connectivity index is 4.37. The second-order valence-electron chi connectivity index (χ2n) is 18.2. The van der Waals surface area contributed by atoms with E-state index < -0.39 is 6.10 Å². The molecule has 0 aliphatic carbocycles. The van der Waals surface area contributed by atoms with Crippen LogP contribution >= 0.6 is 0 Å². The van der Waals surface area contributed by atoms with E-state index in [0.717, 1.165) is 51.4 Å². The number of carbonyl (C=O) groups excluding carboxylic acids is 3. The molecule has 6 heteroatoms. The fourth-order valence-electron chi connectivity index (χ4n) is 7.91. The minimum Gasteiger partial charge on any atom is -0.462 e. The number of hydrogen-bond donors (Lipinski definition) is 0. The zero-order valence-electron chi connectivity index (χ0n) is 40.9. The maximum absolute atomic E-state index is 12.8. The molecule has 0 N–H and O–H groups in total. The highest BCUT2D eigenvalue weighted by Gasteiger charge is 2.19. The Morgan fingerprint density at radius 1 is 0.328 bits per heavy atom. The van der Waals surface area contributed by atoms with Crippen LogP contribution in [0.5, 0.6) is 0 Å². The molecule has 6 nitrogen and oxygen atoms in total. The molecule has 0 aliphatic heterocycles. The molecule has 1 atom stereocenters. The van der Waals surface area contributed by atoms with Gasteiger partial charge in [-0.15, -0.1) is 0 Å². The molecule has 0 aromatic rings. The van der Waals surface area contributed by atoms with Gasteiger partial charge in [0.1, 0.15) is 13.2 Å². The predicted octanol–water partition coefficient (Wildman–Crippen LogP) is 17.5. The van der Waals surface area contributed by atoms with Crippen LogP contribution in [-0.2, 0) is 28.6 Å². The first-order chi connectivity index (χ1) is 30.0. The predicted molar refractivity (Wildman–Crippen MR) is 261 cm³/mol. The number of ether oxygens (including phenoxy) is 3. The Kier molecular flexibility index (Phi) is 48.8. The van der Waals surface area contributed by atoms with Gasteiger partial charge in [-0.2, -0.15) is 0 Å². The Labute approximate surface area is 379 Å². The maximum atomic E-state index is 12.8. The summed E-state index contributed by atoms with van der Waals surface area (Å²) < 4.78 is 16.8. The number of allylic oxidation sites excluding steroid dienone is 4. The van der Waals surface area contributed by atoms with Crippen molar-refractivity contribution >= 4 is 17.9 Å². The zero-order chi connectivity index (χ0) is 44.4. The second-order valence-corrected chi connectivity index (χ2v) is 18.2. The van der Waals surface area contributed by atoms with E-state index in [0.29, 0.717) is 19.3 Å². The number of unbranched alkanes of at least 4 members (excludes halogenated alkanes) is 34. The number of hydrogen-bond acceptors (Lipinski definition) is 6. The molecule has 358 valence electrons. The van der Waals surface area contributed by atoms with Crippen molar-refractivity contribution in [3.05, 3.63) is 24.3 Å². The van der Waals surface area contributed by atoms with Crippen LogP contribution in [0.3, 0.4) is 0 Å². The molecule has 0 saturated heterocycles. The normalized spacial score (nSPS) is 12.1. The smallest absolute Gasteiger partial charge is 0.306 e. The lowest BCUT2D eigenvalue weighted by molar-refractivity contribution is -0.166. The van der Waals surface area contributed by atoms with Crippen LogP contribution in [0.15, 0.2) is 24.3 Å². The van der Waals surface area contributed by atoms with Gasteiger partial charge in [-0.25, -0.2) is 0 Å². The van der Waals surface area contributed by atoms with Gasteiger partial charge >= 0.3 is 17.9 Å². The van der Waals surface area contributed by atoms with Crippen molar-refractivity contribution in [1.29, 1.82) is 0 Å².